The third-order valence-electron chi connectivity index (χ3n) is 2.24. The van der Waals surface area contributed by atoms with Gasteiger partial charge < -0.3 is 14.9 Å². The van der Waals surface area contributed by atoms with Crippen LogP contribution in [0, 0.1) is 0 Å². The van der Waals surface area contributed by atoms with Crippen molar-refractivity contribution < 1.29 is 9.15 Å². The zero-order valence-electron chi connectivity index (χ0n) is 8.90. The van der Waals surface area contributed by atoms with Crippen LogP contribution in [-0.4, -0.2) is 6.54 Å². The minimum absolute atomic E-state index is 0.316. The Morgan fingerprint density at radius 2 is 2.24 bits per heavy atom. The summed E-state index contributed by atoms with van der Waals surface area (Å²) in [6, 6.07) is 9.03. The molecule has 1 aromatic heterocycles. The summed E-state index contributed by atoms with van der Waals surface area (Å²) in [5.41, 5.74) is 5.66. The second-order valence-corrected chi connectivity index (χ2v) is 4.76. The zero-order valence-corrected chi connectivity index (χ0v) is 11.2. The van der Waals surface area contributed by atoms with Crippen molar-refractivity contribution in [3.63, 3.8) is 0 Å². The lowest BCUT2D eigenvalue weighted by Crippen LogP contribution is -2.18. The van der Waals surface area contributed by atoms with Crippen molar-refractivity contribution in [1.82, 2.24) is 0 Å². The molecule has 1 aromatic carbocycles. The predicted molar refractivity (Wildman–Crippen MR) is 70.3 cm³/mol. The van der Waals surface area contributed by atoms with E-state index in [4.69, 9.17) is 26.5 Å². The van der Waals surface area contributed by atoms with Gasteiger partial charge in [-0.25, -0.2) is 0 Å². The van der Waals surface area contributed by atoms with Crippen LogP contribution in [0.1, 0.15) is 11.9 Å². The molecule has 17 heavy (non-hydrogen) atoms. The molecule has 0 aliphatic carbocycles. The summed E-state index contributed by atoms with van der Waals surface area (Å²) in [5, 5.41) is 0.540. The molecule has 0 aliphatic rings. The topological polar surface area (TPSA) is 48.4 Å². The lowest BCUT2D eigenvalue weighted by atomic mass is 10.2. The SMILES string of the molecule is NCC(Oc1cc(Br)ccc1Cl)c1ccco1. The van der Waals surface area contributed by atoms with Gasteiger partial charge in [0.05, 0.1) is 11.3 Å². The van der Waals surface area contributed by atoms with Crippen LogP contribution in [0.2, 0.25) is 5.02 Å². The number of halogens is 2. The second-order valence-electron chi connectivity index (χ2n) is 3.43. The molecule has 0 amide bonds. The van der Waals surface area contributed by atoms with Gasteiger partial charge in [-0.1, -0.05) is 27.5 Å². The quantitative estimate of drug-likeness (QED) is 0.934. The normalized spacial score (nSPS) is 12.4. The summed E-state index contributed by atoms with van der Waals surface area (Å²) in [5.74, 6) is 1.26. The van der Waals surface area contributed by atoms with Crippen molar-refractivity contribution in [2.45, 2.75) is 6.10 Å². The first-order valence-corrected chi connectivity index (χ1v) is 6.23. The Morgan fingerprint density at radius 3 is 2.88 bits per heavy atom. The van der Waals surface area contributed by atoms with E-state index in [1.165, 1.54) is 0 Å². The molecule has 5 heteroatoms. The first-order chi connectivity index (χ1) is 8.20. The smallest absolute Gasteiger partial charge is 0.168 e. The lowest BCUT2D eigenvalue weighted by Gasteiger charge is -2.16. The number of rotatable bonds is 4. The number of ether oxygens (including phenoxy) is 1. The summed E-state index contributed by atoms with van der Waals surface area (Å²) < 4.78 is 11.9. The zero-order chi connectivity index (χ0) is 12.3. The van der Waals surface area contributed by atoms with E-state index in [2.05, 4.69) is 15.9 Å². The maximum Gasteiger partial charge on any atom is 0.168 e. The lowest BCUT2D eigenvalue weighted by molar-refractivity contribution is 0.184. The number of hydrogen-bond acceptors (Lipinski definition) is 3. The Balaban J connectivity index is 2.21. The molecule has 2 N–H and O–H groups in total. The third kappa shape index (κ3) is 3.03. The van der Waals surface area contributed by atoms with Crippen LogP contribution >= 0.6 is 27.5 Å². The first-order valence-electron chi connectivity index (χ1n) is 5.06. The van der Waals surface area contributed by atoms with Crippen molar-refractivity contribution in [3.05, 3.63) is 51.9 Å². The van der Waals surface area contributed by atoms with Gasteiger partial charge in [-0.15, -0.1) is 0 Å². The van der Waals surface area contributed by atoms with Gasteiger partial charge in [-0.3, -0.25) is 0 Å². The number of benzene rings is 1. The molecule has 2 rings (SSSR count). The van der Waals surface area contributed by atoms with Crippen molar-refractivity contribution in [3.8, 4) is 5.75 Å². The van der Waals surface area contributed by atoms with E-state index < -0.39 is 0 Å². The predicted octanol–water partition coefficient (Wildman–Crippen LogP) is 3.77. The molecule has 1 heterocycles. The van der Waals surface area contributed by atoms with E-state index >= 15 is 0 Å². The number of nitrogens with two attached hydrogens (primary N) is 1. The summed E-state index contributed by atoms with van der Waals surface area (Å²) in [6.45, 7) is 0.316. The Morgan fingerprint density at radius 1 is 1.41 bits per heavy atom. The van der Waals surface area contributed by atoms with Crippen molar-refractivity contribution >= 4 is 27.5 Å². The largest absolute Gasteiger partial charge is 0.480 e. The fourth-order valence-corrected chi connectivity index (χ4v) is 1.92. The molecule has 0 saturated carbocycles. The van der Waals surface area contributed by atoms with Gasteiger partial charge in [0, 0.05) is 11.0 Å². The van der Waals surface area contributed by atoms with E-state index in [0.717, 1.165) is 4.47 Å². The van der Waals surface area contributed by atoms with Crippen LogP contribution in [0.4, 0.5) is 0 Å². The second kappa shape index (κ2) is 5.58. The van der Waals surface area contributed by atoms with E-state index in [1.54, 1.807) is 24.5 Å². The Labute approximate surface area is 113 Å². The molecule has 0 saturated heterocycles. The molecular formula is C12H11BrClNO2. The minimum Gasteiger partial charge on any atom is -0.480 e. The fourth-order valence-electron chi connectivity index (χ4n) is 1.42. The molecule has 1 unspecified atom stereocenters. The van der Waals surface area contributed by atoms with Crippen molar-refractivity contribution in [2.75, 3.05) is 6.54 Å². The summed E-state index contributed by atoms with van der Waals surface area (Å²) in [7, 11) is 0. The maximum absolute atomic E-state index is 6.04. The monoisotopic (exact) mass is 315 g/mol. The molecule has 0 bridgehead atoms. The van der Waals surface area contributed by atoms with E-state index in [1.807, 2.05) is 12.1 Å². The van der Waals surface area contributed by atoms with Crippen molar-refractivity contribution in [2.24, 2.45) is 5.73 Å². The van der Waals surface area contributed by atoms with Crippen LogP contribution < -0.4 is 10.5 Å². The van der Waals surface area contributed by atoms with Gasteiger partial charge in [0.25, 0.3) is 0 Å². The van der Waals surface area contributed by atoms with Crippen LogP contribution in [0.5, 0.6) is 5.75 Å². The fraction of sp³-hybridized carbons (Fsp3) is 0.167. The Kier molecular flexibility index (Phi) is 4.10. The highest BCUT2D eigenvalue weighted by atomic mass is 79.9. The Bertz CT molecular complexity index is 487. The molecule has 90 valence electrons. The van der Waals surface area contributed by atoms with Crippen molar-refractivity contribution in [1.29, 1.82) is 0 Å². The van der Waals surface area contributed by atoms with Crippen LogP contribution in [0.15, 0.2) is 45.5 Å². The van der Waals surface area contributed by atoms with E-state index in [-0.39, 0.29) is 6.10 Å². The average molecular weight is 317 g/mol. The summed E-state index contributed by atoms with van der Waals surface area (Å²) in [4.78, 5) is 0. The van der Waals surface area contributed by atoms with Crippen LogP contribution in [0.3, 0.4) is 0 Å². The number of hydrogen-bond donors (Lipinski definition) is 1. The first kappa shape index (κ1) is 12.5. The van der Waals surface area contributed by atoms with Crippen LogP contribution in [-0.2, 0) is 0 Å². The molecule has 0 radical (unpaired) electrons. The van der Waals surface area contributed by atoms with Gasteiger partial charge in [0.15, 0.2) is 6.10 Å². The highest BCUT2D eigenvalue weighted by Gasteiger charge is 2.16. The van der Waals surface area contributed by atoms with Crippen LogP contribution in [0.25, 0.3) is 0 Å². The van der Waals surface area contributed by atoms with Gasteiger partial charge in [-0.05, 0) is 30.3 Å². The van der Waals surface area contributed by atoms with Gasteiger partial charge in [-0.2, -0.15) is 0 Å². The molecule has 1 atom stereocenters. The third-order valence-corrected chi connectivity index (χ3v) is 3.04. The molecule has 0 fully saturated rings. The highest BCUT2D eigenvalue weighted by Crippen LogP contribution is 2.31. The Hall–Kier alpha value is -0.970. The van der Waals surface area contributed by atoms with Gasteiger partial charge in [0.2, 0.25) is 0 Å². The molecule has 0 aliphatic heterocycles. The molecule has 0 spiro atoms. The molecule has 3 nitrogen and oxygen atoms in total. The maximum atomic E-state index is 6.04. The average Bonchev–Trinajstić information content (AvgIpc) is 2.84. The van der Waals surface area contributed by atoms with Gasteiger partial charge in [0.1, 0.15) is 11.5 Å². The van der Waals surface area contributed by atoms with Gasteiger partial charge >= 0.3 is 0 Å². The minimum atomic E-state index is -0.336. The molecule has 2 aromatic rings. The van der Waals surface area contributed by atoms with E-state index in [9.17, 15) is 0 Å². The summed E-state index contributed by atoms with van der Waals surface area (Å²) >= 11 is 9.40. The summed E-state index contributed by atoms with van der Waals surface area (Å²) in [6.07, 6.45) is 1.25. The van der Waals surface area contributed by atoms with E-state index in [0.29, 0.717) is 23.1 Å². The molecular weight excluding hydrogens is 305 g/mol. The standard InChI is InChI=1S/C12H11BrClNO2/c13-8-3-4-9(14)11(6-8)17-12(7-15)10-2-1-5-16-10/h1-6,12H,7,15H2. The number of furan rings is 1. The highest BCUT2D eigenvalue weighted by molar-refractivity contribution is 9.10.